The quantitative estimate of drug-likeness (QED) is 0.754. The second kappa shape index (κ2) is 4.14. The summed E-state index contributed by atoms with van der Waals surface area (Å²) in [5.74, 6) is 1.48. The molecule has 0 radical (unpaired) electrons. The van der Waals surface area contributed by atoms with Crippen molar-refractivity contribution >= 4 is 0 Å². The number of hydrogen-bond donors (Lipinski definition) is 1. The van der Waals surface area contributed by atoms with Gasteiger partial charge < -0.3 is 5.32 Å². The summed E-state index contributed by atoms with van der Waals surface area (Å²) in [5.41, 5.74) is 1.50. The van der Waals surface area contributed by atoms with Crippen molar-refractivity contribution in [3.8, 4) is 0 Å². The third-order valence-corrected chi connectivity index (χ3v) is 3.37. The Bertz CT molecular complexity index is 281. The van der Waals surface area contributed by atoms with Crippen LogP contribution < -0.4 is 5.32 Å². The molecule has 0 amide bonds. The van der Waals surface area contributed by atoms with E-state index in [1.54, 1.807) is 0 Å². The highest BCUT2D eigenvalue weighted by Gasteiger charge is 2.32. The van der Waals surface area contributed by atoms with E-state index in [2.05, 4.69) is 49.5 Å². The van der Waals surface area contributed by atoms with E-state index < -0.39 is 0 Å². The summed E-state index contributed by atoms with van der Waals surface area (Å²) in [6.07, 6.45) is 1.23. The van der Waals surface area contributed by atoms with Gasteiger partial charge in [-0.15, -0.1) is 0 Å². The number of nitrogens with one attached hydrogen (secondary N) is 1. The Hall–Kier alpha value is -0.820. The second-order valence-corrected chi connectivity index (χ2v) is 4.34. The molecule has 1 aromatic carbocycles. The van der Waals surface area contributed by atoms with E-state index >= 15 is 0 Å². The van der Waals surface area contributed by atoms with Crippen LogP contribution in [0, 0.1) is 5.92 Å². The first-order valence-corrected chi connectivity index (χ1v) is 5.61. The molecule has 2 rings (SSSR count). The summed E-state index contributed by atoms with van der Waals surface area (Å²) in [5, 5.41) is 3.60. The Labute approximate surface area is 86.5 Å². The van der Waals surface area contributed by atoms with E-state index in [1.807, 2.05) is 0 Å². The molecule has 1 aliphatic heterocycles. The molecular formula is C13H19N. The van der Waals surface area contributed by atoms with Gasteiger partial charge in [-0.1, -0.05) is 44.2 Å². The minimum Gasteiger partial charge on any atom is -0.313 e. The predicted molar refractivity (Wildman–Crippen MR) is 60.4 cm³/mol. The molecule has 1 N–H and O–H groups in total. The first kappa shape index (κ1) is 9.72. The summed E-state index contributed by atoms with van der Waals surface area (Å²) in [6, 6.07) is 11.6. The highest BCUT2D eigenvalue weighted by atomic mass is 15.0. The van der Waals surface area contributed by atoms with E-state index in [0.29, 0.717) is 12.0 Å². The molecular weight excluding hydrogens is 170 g/mol. The molecule has 3 unspecified atom stereocenters. The monoisotopic (exact) mass is 189 g/mol. The van der Waals surface area contributed by atoms with E-state index in [0.717, 1.165) is 12.5 Å². The maximum Gasteiger partial charge on any atom is 0.0136 e. The average molecular weight is 189 g/mol. The topological polar surface area (TPSA) is 12.0 Å². The molecule has 0 aliphatic carbocycles. The van der Waals surface area contributed by atoms with Crippen molar-refractivity contribution in [2.75, 3.05) is 6.54 Å². The van der Waals surface area contributed by atoms with Gasteiger partial charge in [0.1, 0.15) is 0 Å². The minimum absolute atomic E-state index is 0.674. The van der Waals surface area contributed by atoms with Crippen molar-refractivity contribution in [2.24, 2.45) is 5.92 Å². The van der Waals surface area contributed by atoms with Gasteiger partial charge in [0.2, 0.25) is 0 Å². The highest BCUT2D eigenvalue weighted by Crippen LogP contribution is 2.33. The summed E-state index contributed by atoms with van der Waals surface area (Å²) >= 11 is 0. The average Bonchev–Trinajstić information content (AvgIpc) is 2.61. The van der Waals surface area contributed by atoms with Gasteiger partial charge in [0.25, 0.3) is 0 Å². The summed E-state index contributed by atoms with van der Waals surface area (Å²) in [7, 11) is 0. The maximum absolute atomic E-state index is 3.60. The van der Waals surface area contributed by atoms with Gasteiger partial charge in [0.15, 0.2) is 0 Å². The zero-order valence-corrected chi connectivity index (χ0v) is 9.03. The molecule has 0 aromatic heterocycles. The van der Waals surface area contributed by atoms with Crippen LogP contribution in [0.2, 0.25) is 0 Å². The SMILES string of the molecule is CCC1NCC(C)C1c1ccccc1. The van der Waals surface area contributed by atoms with E-state index in [-0.39, 0.29) is 0 Å². The van der Waals surface area contributed by atoms with Gasteiger partial charge in [0, 0.05) is 12.0 Å². The van der Waals surface area contributed by atoms with E-state index in [1.165, 1.54) is 12.0 Å². The lowest BCUT2D eigenvalue weighted by Crippen LogP contribution is -2.24. The zero-order valence-electron chi connectivity index (χ0n) is 9.03. The summed E-state index contributed by atoms with van der Waals surface area (Å²) < 4.78 is 0. The molecule has 1 fully saturated rings. The fourth-order valence-electron chi connectivity index (χ4n) is 2.62. The van der Waals surface area contributed by atoms with Gasteiger partial charge in [-0.05, 0) is 24.4 Å². The molecule has 1 heteroatoms. The molecule has 1 aliphatic rings. The molecule has 0 spiro atoms. The molecule has 1 nitrogen and oxygen atoms in total. The smallest absolute Gasteiger partial charge is 0.0136 e. The van der Waals surface area contributed by atoms with Crippen LogP contribution in [0.25, 0.3) is 0 Å². The van der Waals surface area contributed by atoms with E-state index in [4.69, 9.17) is 0 Å². The molecule has 0 bridgehead atoms. The molecule has 76 valence electrons. The standard InChI is InChI=1S/C13H19N/c1-3-12-13(10(2)9-14-12)11-7-5-4-6-8-11/h4-8,10,12-14H,3,9H2,1-2H3. The Balaban J connectivity index is 2.23. The first-order valence-electron chi connectivity index (χ1n) is 5.61. The predicted octanol–water partition coefficient (Wildman–Crippen LogP) is 2.79. The minimum atomic E-state index is 0.674. The van der Waals surface area contributed by atoms with Gasteiger partial charge in [-0.2, -0.15) is 0 Å². The Morgan fingerprint density at radius 3 is 2.64 bits per heavy atom. The first-order chi connectivity index (χ1) is 6.83. The number of hydrogen-bond acceptors (Lipinski definition) is 1. The maximum atomic E-state index is 3.60. The van der Waals surface area contributed by atoms with Gasteiger partial charge in [-0.3, -0.25) is 0 Å². The Morgan fingerprint density at radius 2 is 2.00 bits per heavy atom. The molecule has 1 saturated heterocycles. The van der Waals surface area contributed by atoms with Crippen LogP contribution in [-0.4, -0.2) is 12.6 Å². The van der Waals surface area contributed by atoms with Crippen LogP contribution in [0.4, 0.5) is 0 Å². The zero-order chi connectivity index (χ0) is 9.97. The van der Waals surface area contributed by atoms with E-state index in [9.17, 15) is 0 Å². The van der Waals surface area contributed by atoms with Crippen molar-refractivity contribution in [1.82, 2.24) is 5.32 Å². The third kappa shape index (κ3) is 1.69. The van der Waals surface area contributed by atoms with Crippen molar-refractivity contribution in [1.29, 1.82) is 0 Å². The second-order valence-electron chi connectivity index (χ2n) is 4.34. The number of rotatable bonds is 2. The fourth-order valence-corrected chi connectivity index (χ4v) is 2.62. The van der Waals surface area contributed by atoms with Gasteiger partial charge in [0.05, 0.1) is 0 Å². The highest BCUT2D eigenvalue weighted by molar-refractivity contribution is 5.23. The van der Waals surface area contributed by atoms with Crippen LogP contribution in [-0.2, 0) is 0 Å². The van der Waals surface area contributed by atoms with Gasteiger partial charge >= 0.3 is 0 Å². The van der Waals surface area contributed by atoms with Crippen LogP contribution in [0.3, 0.4) is 0 Å². The molecule has 1 heterocycles. The van der Waals surface area contributed by atoms with Gasteiger partial charge in [-0.25, -0.2) is 0 Å². The van der Waals surface area contributed by atoms with Crippen molar-refractivity contribution < 1.29 is 0 Å². The van der Waals surface area contributed by atoms with Crippen LogP contribution in [0.15, 0.2) is 30.3 Å². The largest absolute Gasteiger partial charge is 0.313 e. The van der Waals surface area contributed by atoms with Crippen molar-refractivity contribution in [2.45, 2.75) is 32.2 Å². The lowest BCUT2D eigenvalue weighted by Gasteiger charge is -2.21. The third-order valence-electron chi connectivity index (χ3n) is 3.37. The Morgan fingerprint density at radius 1 is 1.29 bits per heavy atom. The summed E-state index contributed by atoms with van der Waals surface area (Å²) in [4.78, 5) is 0. The number of benzene rings is 1. The summed E-state index contributed by atoms with van der Waals surface area (Å²) in [6.45, 7) is 5.78. The molecule has 1 aromatic rings. The lowest BCUT2D eigenvalue weighted by molar-refractivity contribution is 0.484. The normalized spacial score (nSPS) is 32.0. The van der Waals surface area contributed by atoms with Crippen LogP contribution >= 0.6 is 0 Å². The molecule has 14 heavy (non-hydrogen) atoms. The Kier molecular flexibility index (Phi) is 2.87. The molecule has 3 atom stereocenters. The van der Waals surface area contributed by atoms with Crippen LogP contribution in [0.5, 0.6) is 0 Å². The lowest BCUT2D eigenvalue weighted by atomic mass is 9.84. The van der Waals surface area contributed by atoms with Crippen molar-refractivity contribution in [3.05, 3.63) is 35.9 Å². The molecule has 0 saturated carbocycles. The van der Waals surface area contributed by atoms with Crippen LogP contribution in [0.1, 0.15) is 31.7 Å². The van der Waals surface area contributed by atoms with Crippen molar-refractivity contribution in [3.63, 3.8) is 0 Å². The fraction of sp³-hybridized carbons (Fsp3) is 0.538.